The summed E-state index contributed by atoms with van der Waals surface area (Å²) in [6.45, 7) is 0.291. The molecule has 1 unspecified atom stereocenters. The van der Waals surface area contributed by atoms with Gasteiger partial charge in [-0.15, -0.1) is 11.3 Å². The van der Waals surface area contributed by atoms with E-state index in [9.17, 15) is 17.6 Å². The molecule has 1 aliphatic rings. The number of sulfonamides is 1. The Bertz CT molecular complexity index is 789. The van der Waals surface area contributed by atoms with E-state index in [1.54, 1.807) is 28.5 Å². The van der Waals surface area contributed by atoms with Crippen molar-refractivity contribution in [1.29, 1.82) is 0 Å². The van der Waals surface area contributed by atoms with Crippen molar-refractivity contribution in [3.63, 3.8) is 0 Å². The van der Waals surface area contributed by atoms with Gasteiger partial charge in [0.15, 0.2) is 0 Å². The summed E-state index contributed by atoms with van der Waals surface area (Å²) >= 11 is 1.10. The van der Waals surface area contributed by atoms with Crippen LogP contribution in [-0.2, 0) is 14.8 Å². The topological polar surface area (TPSA) is 66.5 Å². The van der Waals surface area contributed by atoms with Crippen LogP contribution in [0.4, 0.5) is 4.39 Å². The number of nitrogens with one attached hydrogen (secondary N) is 1. The molecule has 1 saturated heterocycles. The van der Waals surface area contributed by atoms with E-state index in [2.05, 4.69) is 4.72 Å². The molecule has 0 spiro atoms. The molecular formula is C15H15FN2O3S2. The minimum atomic E-state index is -3.65. The molecule has 3 rings (SSSR count). The first kappa shape index (κ1) is 16.1. The summed E-state index contributed by atoms with van der Waals surface area (Å²) < 4.78 is 39.5. The van der Waals surface area contributed by atoms with Crippen LogP contribution in [0.25, 0.3) is 0 Å². The van der Waals surface area contributed by atoms with Gasteiger partial charge in [0.1, 0.15) is 10.0 Å². The standard InChI is InChI=1S/C15H15FN2O3S2/c16-12-5-3-11(4-6-12)13-7-8-18(13)14(19)10-17-23(20,21)15-2-1-9-22-15/h1-6,9,13,17H,7-8,10H2. The summed E-state index contributed by atoms with van der Waals surface area (Å²) in [5.41, 5.74) is 0.854. The SMILES string of the molecule is O=C(CNS(=O)(=O)c1cccs1)N1CCC1c1ccc(F)cc1. The fourth-order valence-corrected chi connectivity index (χ4v) is 4.48. The quantitative estimate of drug-likeness (QED) is 0.895. The molecule has 1 amide bonds. The fraction of sp³-hybridized carbons (Fsp3) is 0.267. The molecule has 1 aliphatic heterocycles. The first-order valence-electron chi connectivity index (χ1n) is 7.05. The number of carbonyl (C=O) groups excluding carboxylic acids is 1. The molecule has 1 fully saturated rings. The zero-order valence-electron chi connectivity index (χ0n) is 12.1. The van der Waals surface area contributed by atoms with Gasteiger partial charge in [-0.05, 0) is 35.6 Å². The molecule has 1 aromatic heterocycles. The normalized spacial score (nSPS) is 17.8. The summed E-state index contributed by atoms with van der Waals surface area (Å²) in [6, 6.07) is 9.02. The molecule has 1 aromatic carbocycles. The Morgan fingerprint density at radius 2 is 2.04 bits per heavy atom. The molecule has 0 radical (unpaired) electrons. The molecule has 2 heterocycles. The van der Waals surface area contributed by atoms with Crippen LogP contribution < -0.4 is 4.72 Å². The zero-order chi connectivity index (χ0) is 16.4. The Kier molecular flexibility index (Phi) is 4.47. The third-order valence-electron chi connectivity index (χ3n) is 3.77. The van der Waals surface area contributed by atoms with E-state index in [0.717, 1.165) is 23.3 Å². The summed E-state index contributed by atoms with van der Waals surface area (Å²) in [7, 11) is -3.65. The molecule has 0 aliphatic carbocycles. The number of halogens is 1. The van der Waals surface area contributed by atoms with Gasteiger partial charge in [0.25, 0.3) is 10.0 Å². The maximum atomic E-state index is 13.0. The summed E-state index contributed by atoms with van der Waals surface area (Å²) in [5.74, 6) is -0.611. The monoisotopic (exact) mass is 354 g/mol. The van der Waals surface area contributed by atoms with E-state index < -0.39 is 10.0 Å². The number of likely N-dealkylation sites (tertiary alicyclic amines) is 1. The van der Waals surface area contributed by atoms with Gasteiger partial charge in [-0.2, -0.15) is 0 Å². The molecule has 1 atom stereocenters. The number of thiophene rings is 1. The van der Waals surface area contributed by atoms with Crippen molar-refractivity contribution in [3.05, 3.63) is 53.2 Å². The Morgan fingerprint density at radius 1 is 1.30 bits per heavy atom. The summed E-state index contributed by atoms with van der Waals surface area (Å²) in [6.07, 6.45) is 0.787. The van der Waals surface area contributed by atoms with Crippen molar-refractivity contribution < 1.29 is 17.6 Å². The van der Waals surface area contributed by atoms with Gasteiger partial charge in [-0.25, -0.2) is 17.5 Å². The number of hydrogen-bond acceptors (Lipinski definition) is 4. The van der Waals surface area contributed by atoms with Crippen molar-refractivity contribution in [2.24, 2.45) is 0 Å². The minimum Gasteiger partial charge on any atom is -0.334 e. The average Bonchev–Trinajstić information content (AvgIpc) is 3.02. The Morgan fingerprint density at radius 3 is 2.61 bits per heavy atom. The van der Waals surface area contributed by atoms with Gasteiger partial charge >= 0.3 is 0 Å². The second kappa shape index (κ2) is 6.38. The highest BCUT2D eigenvalue weighted by Crippen LogP contribution is 2.33. The molecule has 8 heteroatoms. The van der Waals surface area contributed by atoms with Crippen LogP contribution in [-0.4, -0.2) is 32.3 Å². The van der Waals surface area contributed by atoms with E-state index in [0.29, 0.717) is 6.54 Å². The second-order valence-electron chi connectivity index (χ2n) is 5.20. The van der Waals surface area contributed by atoms with E-state index in [1.165, 1.54) is 18.2 Å². The third kappa shape index (κ3) is 3.44. The van der Waals surface area contributed by atoms with Crippen molar-refractivity contribution >= 4 is 27.3 Å². The Hall–Kier alpha value is -1.77. The van der Waals surface area contributed by atoms with Gasteiger partial charge in [-0.1, -0.05) is 18.2 Å². The van der Waals surface area contributed by atoms with E-state index >= 15 is 0 Å². The van der Waals surface area contributed by atoms with Crippen LogP contribution in [0.3, 0.4) is 0 Å². The lowest BCUT2D eigenvalue weighted by molar-refractivity contribution is -0.137. The average molecular weight is 354 g/mol. The van der Waals surface area contributed by atoms with Gasteiger partial charge in [0, 0.05) is 6.54 Å². The maximum Gasteiger partial charge on any atom is 0.250 e. The first-order chi connectivity index (χ1) is 11.0. The van der Waals surface area contributed by atoms with Crippen molar-refractivity contribution in [1.82, 2.24) is 9.62 Å². The van der Waals surface area contributed by atoms with Crippen LogP contribution in [0.2, 0.25) is 0 Å². The lowest BCUT2D eigenvalue weighted by Gasteiger charge is -2.41. The molecule has 0 bridgehead atoms. The number of amides is 1. The number of rotatable bonds is 5. The van der Waals surface area contributed by atoms with Gasteiger partial charge < -0.3 is 4.90 Å². The molecule has 1 N–H and O–H groups in total. The van der Waals surface area contributed by atoms with Crippen LogP contribution in [0.5, 0.6) is 0 Å². The van der Waals surface area contributed by atoms with Gasteiger partial charge in [-0.3, -0.25) is 4.79 Å². The minimum absolute atomic E-state index is 0.116. The second-order valence-corrected chi connectivity index (χ2v) is 8.14. The number of hydrogen-bond donors (Lipinski definition) is 1. The highest BCUT2D eigenvalue weighted by molar-refractivity contribution is 7.91. The molecule has 122 valence electrons. The number of nitrogens with zero attached hydrogens (tertiary/aromatic N) is 1. The van der Waals surface area contributed by atoms with E-state index in [-0.39, 0.29) is 28.5 Å². The number of carbonyl (C=O) groups is 1. The Balaban J connectivity index is 1.62. The maximum absolute atomic E-state index is 13.0. The Labute approximate surface area is 137 Å². The highest BCUT2D eigenvalue weighted by Gasteiger charge is 2.33. The molecule has 23 heavy (non-hydrogen) atoms. The smallest absolute Gasteiger partial charge is 0.250 e. The fourth-order valence-electron chi connectivity index (χ4n) is 2.46. The van der Waals surface area contributed by atoms with Crippen LogP contribution in [0, 0.1) is 5.82 Å². The molecule has 2 aromatic rings. The lowest BCUT2D eigenvalue weighted by atomic mass is 9.94. The van der Waals surface area contributed by atoms with Crippen LogP contribution in [0.1, 0.15) is 18.0 Å². The zero-order valence-corrected chi connectivity index (χ0v) is 13.7. The summed E-state index contributed by atoms with van der Waals surface area (Å²) in [4.78, 5) is 13.8. The highest BCUT2D eigenvalue weighted by atomic mass is 32.2. The predicted molar refractivity (Wildman–Crippen MR) is 85.0 cm³/mol. The predicted octanol–water partition coefficient (Wildman–Crippen LogP) is 2.14. The van der Waals surface area contributed by atoms with Crippen molar-refractivity contribution in [2.45, 2.75) is 16.7 Å². The largest absolute Gasteiger partial charge is 0.334 e. The van der Waals surface area contributed by atoms with Crippen LogP contribution in [0.15, 0.2) is 46.0 Å². The number of benzene rings is 1. The lowest BCUT2D eigenvalue weighted by Crippen LogP contribution is -2.49. The molecular weight excluding hydrogens is 339 g/mol. The van der Waals surface area contributed by atoms with Crippen LogP contribution >= 0.6 is 11.3 Å². The van der Waals surface area contributed by atoms with E-state index in [1.807, 2.05) is 0 Å². The van der Waals surface area contributed by atoms with E-state index in [4.69, 9.17) is 0 Å². The van der Waals surface area contributed by atoms with Gasteiger partial charge in [0.05, 0.1) is 12.6 Å². The summed E-state index contributed by atoms with van der Waals surface area (Å²) in [5, 5.41) is 1.66. The van der Waals surface area contributed by atoms with Gasteiger partial charge in [0.2, 0.25) is 5.91 Å². The van der Waals surface area contributed by atoms with Crippen molar-refractivity contribution in [2.75, 3.05) is 13.1 Å². The third-order valence-corrected chi connectivity index (χ3v) is 6.57. The first-order valence-corrected chi connectivity index (χ1v) is 9.42. The molecule has 0 saturated carbocycles. The van der Waals surface area contributed by atoms with Crippen molar-refractivity contribution in [3.8, 4) is 0 Å². The molecule has 5 nitrogen and oxygen atoms in total.